The molecule has 2 aliphatic rings. The summed E-state index contributed by atoms with van der Waals surface area (Å²) in [6.07, 6.45) is 5.67. The molecule has 2 fully saturated rings. The maximum absolute atomic E-state index is 5.93. The van der Waals surface area contributed by atoms with E-state index in [1.54, 1.807) is 0 Å². The third-order valence-corrected chi connectivity index (χ3v) is 3.74. The van der Waals surface area contributed by atoms with Gasteiger partial charge in [-0.3, -0.25) is 4.90 Å². The van der Waals surface area contributed by atoms with Gasteiger partial charge in [0.25, 0.3) is 0 Å². The Labute approximate surface area is 75.1 Å². The molecule has 2 aliphatic heterocycles. The Bertz CT molecular complexity index is 147. The molecule has 2 nitrogen and oxygen atoms in total. The summed E-state index contributed by atoms with van der Waals surface area (Å²) in [7, 11) is 0. The smallest absolute Gasteiger partial charge is 0.0222 e. The monoisotopic (exact) mass is 168 g/mol. The Kier molecular flexibility index (Phi) is 2.13. The standard InChI is InChI=1S/C10H20N2/c1-7(11)8(2)12-9-3-4-10(12)6-5-9/h7-10H,3-6,11H2,1-2H3. The SMILES string of the molecule is CC(N)C(C)N1C2CCC1CC2. The highest BCUT2D eigenvalue weighted by Gasteiger charge is 2.42. The van der Waals surface area contributed by atoms with Gasteiger partial charge in [0.15, 0.2) is 0 Å². The van der Waals surface area contributed by atoms with Gasteiger partial charge in [-0.2, -0.15) is 0 Å². The van der Waals surface area contributed by atoms with Crippen molar-refractivity contribution in [2.75, 3.05) is 0 Å². The molecule has 2 saturated heterocycles. The van der Waals surface area contributed by atoms with Crippen LogP contribution in [-0.4, -0.2) is 29.1 Å². The average Bonchev–Trinajstić information content (AvgIpc) is 2.61. The minimum Gasteiger partial charge on any atom is -0.327 e. The number of nitrogens with zero attached hydrogens (tertiary/aromatic N) is 1. The first-order valence-corrected chi connectivity index (χ1v) is 5.23. The van der Waals surface area contributed by atoms with Crippen molar-refractivity contribution in [3.8, 4) is 0 Å². The summed E-state index contributed by atoms with van der Waals surface area (Å²) in [5.41, 5.74) is 5.93. The molecule has 0 aromatic carbocycles. The van der Waals surface area contributed by atoms with Crippen molar-refractivity contribution in [2.45, 2.75) is 63.7 Å². The van der Waals surface area contributed by atoms with Gasteiger partial charge in [-0.15, -0.1) is 0 Å². The lowest BCUT2D eigenvalue weighted by Gasteiger charge is -2.31. The molecule has 70 valence electrons. The molecule has 0 aromatic heterocycles. The van der Waals surface area contributed by atoms with Gasteiger partial charge < -0.3 is 5.73 Å². The number of rotatable bonds is 2. The van der Waals surface area contributed by atoms with E-state index in [0.717, 1.165) is 12.1 Å². The highest BCUT2D eigenvalue weighted by Crippen LogP contribution is 2.39. The van der Waals surface area contributed by atoms with Crippen LogP contribution in [0.4, 0.5) is 0 Å². The lowest BCUT2D eigenvalue weighted by atomic mass is 10.0. The van der Waals surface area contributed by atoms with Crippen LogP contribution in [0.25, 0.3) is 0 Å². The molecule has 2 atom stereocenters. The Morgan fingerprint density at radius 2 is 1.50 bits per heavy atom. The van der Waals surface area contributed by atoms with E-state index in [-0.39, 0.29) is 0 Å². The lowest BCUT2D eigenvalue weighted by Crippen LogP contribution is -2.46. The summed E-state index contributed by atoms with van der Waals surface area (Å²) in [6, 6.07) is 2.66. The van der Waals surface area contributed by atoms with Gasteiger partial charge in [-0.25, -0.2) is 0 Å². The van der Waals surface area contributed by atoms with Crippen LogP contribution in [-0.2, 0) is 0 Å². The van der Waals surface area contributed by atoms with Gasteiger partial charge in [-0.05, 0) is 39.5 Å². The van der Waals surface area contributed by atoms with Crippen LogP contribution in [0, 0.1) is 0 Å². The molecule has 0 spiro atoms. The maximum atomic E-state index is 5.93. The van der Waals surface area contributed by atoms with Crippen LogP contribution in [0.15, 0.2) is 0 Å². The molecule has 12 heavy (non-hydrogen) atoms. The van der Waals surface area contributed by atoms with Crippen LogP contribution in [0.2, 0.25) is 0 Å². The summed E-state index contributed by atoms with van der Waals surface area (Å²) >= 11 is 0. The lowest BCUT2D eigenvalue weighted by molar-refractivity contribution is 0.169. The van der Waals surface area contributed by atoms with Crippen molar-refractivity contribution < 1.29 is 0 Å². The van der Waals surface area contributed by atoms with Gasteiger partial charge in [0.05, 0.1) is 0 Å². The molecule has 2 bridgehead atoms. The second kappa shape index (κ2) is 3.00. The van der Waals surface area contributed by atoms with E-state index in [2.05, 4.69) is 18.7 Å². The molecule has 0 amide bonds. The normalized spacial score (nSPS) is 40.2. The fraction of sp³-hybridized carbons (Fsp3) is 1.00. The Morgan fingerprint density at radius 3 is 1.83 bits per heavy atom. The average molecular weight is 168 g/mol. The largest absolute Gasteiger partial charge is 0.327 e. The van der Waals surface area contributed by atoms with Crippen molar-refractivity contribution in [3.05, 3.63) is 0 Å². The fourth-order valence-electron chi connectivity index (χ4n) is 2.89. The maximum Gasteiger partial charge on any atom is 0.0222 e. The third-order valence-electron chi connectivity index (χ3n) is 3.74. The van der Waals surface area contributed by atoms with E-state index in [0.29, 0.717) is 12.1 Å². The second-order valence-corrected chi connectivity index (χ2v) is 4.51. The van der Waals surface area contributed by atoms with Crippen molar-refractivity contribution in [1.82, 2.24) is 4.90 Å². The first-order valence-electron chi connectivity index (χ1n) is 5.23. The molecular weight excluding hydrogens is 148 g/mol. The minimum atomic E-state index is 0.325. The van der Waals surface area contributed by atoms with Gasteiger partial charge in [-0.1, -0.05) is 0 Å². The van der Waals surface area contributed by atoms with Crippen molar-refractivity contribution in [3.63, 3.8) is 0 Å². The molecule has 2 heteroatoms. The van der Waals surface area contributed by atoms with Crippen LogP contribution < -0.4 is 5.73 Å². The summed E-state index contributed by atoms with van der Waals surface area (Å²) in [5.74, 6) is 0. The van der Waals surface area contributed by atoms with E-state index >= 15 is 0 Å². The van der Waals surface area contributed by atoms with Gasteiger partial charge in [0.1, 0.15) is 0 Å². The van der Waals surface area contributed by atoms with Crippen molar-refractivity contribution in [1.29, 1.82) is 0 Å². The van der Waals surface area contributed by atoms with Crippen LogP contribution in [0.1, 0.15) is 39.5 Å². The molecule has 2 N–H and O–H groups in total. The van der Waals surface area contributed by atoms with Crippen LogP contribution in [0.3, 0.4) is 0 Å². The molecule has 0 radical (unpaired) electrons. The number of fused-ring (bicyclic) bond motifs is 2. The zero-order valence-electron chi connectivity index (χ0n) is 8.16. The van der Waals surface area contributed by atoms with Gasteiger partial charge in [0, 0.05) is 24.2 Å². The van der Waals surface area contributed by atoms with Crippen molar-refractivity contribution >= 4 is 0 Å². The number of hydrogen-bond acceptors (Lipinski definition) is 2. The second-order valence-electron chi connectivity index (χ2n) is 4.51. The fourth-order valence-corrected chi connectivity index (χ4v) is 2.89. The minimum absolute atomic E-state index is 0.325. The van der Waals surface area contributed by atoms with Crippen molar-refractivity contribution in [2.24, 2.45) is 5.73 Å². The molecule has 2 rings (SSSR count). The third kappa shape index (κ3) is 1.17. The quantitative estimate of drug-likeness (QED) is 0.674. The zero-order chi connectivity index (χ0) is 8.72. The molecular formula is C10H20N2. The van der Waals surface area contributed by atoms with Gasteiger partial charge in [0.2, 0.25) is 0 Å². The van der Waals surface area contributed by atoms with E-state index in [1.807, 2.05) is 0 Å². The zero-order valence-corrected chi connectivity index (χ0v) is 8.16. The van der Waals surface area contributed by atoms with Gasteiger partial charge >= 0.3 is 0 Å². The van der Waals surface area contributed by atoms with E-state index in [1.165, 1.54) is 25.7 Å². The van der Waals surface area contributed by atoms with Crippen LogP contribution in [0.5, 0.6) is 0 Å². The Balaban J connectivity index is 2.04. The van der Waals surface area contributed by atoms with E-state index in [9.17, 15) is 0 Å². The molecule has 2 heterocycles. The number of nitrogens with two attached hydrogens (primary N) is 1. The Morgan fingerprint density at radius 1 is 1.08 bits per heavy atom. The molecule has 0 aromatic rings. The van der Waals surface area contributed by atoms with Crippen LogP contribution >= 0.6 is 0 Å². The molecule has 0 saturated carbocycles. The Hall–Kier alpha value is -0.0800. The molecule has 2 unspecified atom stereocenters. The highest BCUT2D eigenvalue weighted by molar-refractivity contribution is 4.98. The van der Waals surface area contributed by atoms with E-state index < -0.39 is 0 Å². The summed E-state index contributed by atoms with van der Waals surface area (Å²) < 4.78 is 0. The summed E-state index contributed by atoms with van der Waals surface area (Å²) in [4.78, 5) is 2.67. The first kappa shape index (κ1) is 8.52. The predicted molar refractivity (Wildman–Crippen MR) is 51.0 cm³/mol. The predicted octanol–water partition coefficient (Wildman–Crippen LogP) is 1.35. The summed E-state index contributed by atoms with van der Waals surface area (Å²) in [5, 5.41) is 0. The number of hydrogen-bond donors (Lipinski definition) is 1. The van der Waals surface area contributed by atoms with E-state index in [4.69, 9.17) is 5.73 Å². The highest BCUT2D eigenvalue weighted by atomic mass is 15.3. The summed E-state index contributed by atoms with van der Waals surface area (Å²) in [6.45, 7) is 4.41. The first-order chi connectivity index (χ1) is 5.70. The topological polar surface area (TPSA) is 29.3 Å². The molecule has 0 aliphatic carbocycles.